The number of hydrogen-bond donors (Lipinski definition) is 1. The second-order valence-corrected chi connectivity index (χ2v) is 5.71. The van der Waals surface area contributed by atoms with Gasteiger partial charge in [-0.05, 0) is 44.0 Å². The normalized spacial score (nSPS) is 10.4. The van der Waals surface area contributed by atoms with Crippen molar-refractivity contribution in [1.82, 2.24) is 9.88 Å². The largest absolute Gasteiger partial charge is 0.340 e. The van der Waals surface area contributed by atoms with Crippen LogP contribution in [0.15, 0.2) is 42.6 Å². The van der Waals surface area contributed by atoms with Gasteiger partial charge in [0.25, 0.3) is 5.91 Å². The van der Waals surface area contributed by atoms with E-state index in [1.807, 2.05) is 35.2 Å². The number of benzene rings is 1. The summed E-state index contributed by atoms with van der Waals surface area (Å²) in [7, 11) is 0. The summed E-state index contributed by atoms with van der Waals surface area (Å²) >= 11 is 0. The second-order valence-electron chi connectivity index (χ2n) is 5.71. The van der Waals surface area contributed by atoms with Crippen molar-refractivity contribution in [3.8, 4) is 0 Å². The first-order chi connectivity index (χ1) is 11.1. The average Bonchev–Trinajstić information content (AvgIpc) is 2.56. The molecule has 0 aliphatic heterocycles. The summed E-state index contributed by atoms with van der Waals surface area (Å²) < 4.78 is 0. The van der Waals surface area contributed by atoms with Crippen molar-refractivity contribution < 1.29 is 4.79 Å². The first-order valence-electron chi connectivity index (χ1n) is 8.23. The molecule has 0 bridgehead atoms. The molecule has 1 heterocycles. The lowest BCUT2D eigenvalue weighted by Crippen LogP contribution is -2.32. The van der Waals surface area contributed by atoms with E-state index in [4.69, 9.17) is 0 Å². The Balaban J connectivity index is 2.14. The van der Waals surface area contributed by atoms with Crippen molar-refractivity contribution in [3.63, 3.8) is 0 Å². The highest BCUT2D eigenvalue weighted by atomic mass is 16.2. The number of anilines is 2. The molecule has 0 aliphatic rings. The third-order valence-electron chi connectivity index (χ3n) is 3.61. The van der Waals surface area contributed by atoms with E-state index in [1.54, 1.807) is 12.3 Å². The van der Waals surface area contributed by atoms with E-state index >= 15 is 0 Å². The minimum Gasteiger partial charge on any atom is -0.340 e. The molecule has 1 amide bonds. The molecule has 4 heteroatoms. The summed E-state index contributed by atoms with van der Waals surface area (Å²) in [4.78, 5) is 18.9. The van der Waals surface area contributed by atoms with Gasteiger partial charge in [-0.15, -0.1) is 0 Å². The first-order valence-corrected chi connectivity index (χ1v) is 8.23. The summed E-state index contributed by atoms with van der Waals surface area (Å²) in [5, 5.41) is 3.25. The van der Waals surface area contributed by atoms with E-state index in [9.17, 15) is 4.79 Å². The zero-order chi connectivity index (χ0) is 16.7. The van der Waals surface area contributed by atoms with Crippen LogP contribution in [-0.2, 0) is 0 Å². The molecule has 23 heavy (non-hydrogen) atoms. The van der Waals surface area contributed by atoms with Gasteiger partial charge >= 0.3 is 0 Å². The molecule has 0 radical (unpaired) electrons. The Labute approximate surface area is 138 Å². The van der Waals surface area contributed by atoms with Crippen LogP contribution < -0.4 is 5.32 Å². The minimum absolute atomic E-state index is 0.0723. The SMILES string of the molecule is CCCN(CCC)C(=O)c1ccnc(Nc2ccc(C)cc2)c1. The molecule has 0 aliphatic carbocycles. The number of aryl methyl sites for hydroxylation is 1. The van der Waals surface area contributed by atoms with Gasteiger partial charge in [-0.1, -0.05) is 31.5 Å². The van der Waals surface area contributed by atoms with Gasteiger partial charge in [0, 0.05) is 30.5 Å². The topological polar surface area (TPSA) is 45.2 Å². The Kier molecular flexibility index (Phi) is 6.15. The molecule has 0 spiro atoms. The van der Waals surface area contributed by atoms with E-state index in [0.717, 1.165) is 31.6 Å². The van der Waals surface area contributed by atoms with Crippen LogP contribution in [0.5, 0.6) is 0 Å². The van der Waals surface area contributed by atoms with Crippen LogP contribution in [0.3, 0.4) is 0 Å². The van der Waals surface area contributed by atoms with Gasteiger partial charge in [0.1, 0.15) is 5.82 Å². The summed E-state index contributed by atoms with van der Waals surface area (Å²) in [5.74, 6) is 0.760. The van der Waals surface area contributed by atoms with Gasteiger partial charge in [0.15, 0.2) is 0 Å². The number of carbonyl (C=O) groups excluding carboxylic acids is 1. The highest BCUT2D eigenvalue weighted by Gasteiger charge is 2.14. The Bertz CT molecular complexity index is 631. The van der Waals surface area contributed by atoms with Crippen molar-refractivity contribution in [2.24, 2.45) is 0 Å². The van der Waals surface area contributed by atoms with E-state index < -0.39 is 0 Å². The van der Waals surface area contributed by atoms with E-state index in [2.05, 4.69) is 31.1 Å². The fourth-order valence-corrected chi connectivity index (χ4v) is 2.45. The Morgan fingerprint density at radius 2 is 1.74 bits per heavy atom. The van der Waals surface area contributed by atoms with Crippen LogP contribution >= 0.6 is 0 Å². The molecule has 2 rings (SSSR count). The van der Waals surface area contributed by atoms with Crippen LogP contribution in [0.4, 0.5) is 11.5 Å². The van der Waals surface area contributed by atoms with Gasteiger partial charge in [0.2, 0.25) is 0 Å². The number of aromatic nitrogens is 1. The van der Waals surface area contributed by atoms with Crippen LogP contribution in [-0.4, -0.2) is 28.9 Å². The maximum atomic E-state index is 12.6. The third-order valence-corrected chi connectivity index (χ3v) is 3.61. The number of pyridine rings is 1. The van der Waals surface area contributed by atoms with Crippen molar-refractivity contribution >= 4 is 17.4 Å². The molecule has 0 fully saturated rings. The number of carbonyl (C=O) groups is 1. The minimum atomic E-state index is 0.0723. The number of nitrogens with one attached hydrogen (secondary N) is 1. The van der Waals surface area contributed by atoms with Gasteiger partial charge in [-0.3, -0.25) is 4.79 Å². The van der Waals surface area contributed by atoms with Crippen molar-refractivity contribution in [3.05, 3.63) is 53.7 Å². The molecular formula is C19H25N3O. The van der Waals surface area contributed by atoms with Crippen molar-refractivity contribution in [2.75, 3.05) is 18.4 Å². The molecule has 0 unspecified atom stereocenters. The first kappa shape index (κ1) is 17.0. The Hall–Kier alpha value is -2.36. The van der Waals surface area contributed by atoms with Crippen LogP contribution in [0.1, 0.15) is 42.6 Å². The molecule has 0 saturated heterocycles. The van der Waals surface area contributed by atoms with Crippen LogP contribution in [0.25, 0.3) is 0 Å². The lowest BCUT2D eigenvalue weighted by atomic mass is 10.2. The zero-order valence-electron chi connectivity index (χ0n) is 14.2. The third kappa shape index (κ3) is 4.81. The monoisotopic (exact) mass is 311 g/mol. The van der Waals surface area contributed by atoms with E-state index in [0.29, 0.717) is 11.4 Å². The molecule has 122 valence electrons. The molecule has 1 aromatic carbocycles. The highest BCUT2D eigenvalue weighted by Crippen LogP contribution is 2.17. The molecular weight excluding hydrogens is 286 g/mol. The average molecular weight is 311 g/mol. The quantitative estimate of drug-likeness (QED) is 0.824. The van der Waals surface area contributed by atoms with Crippen molar-refractivity contribution in [2.45, 2.75) is 33.6 Å². The van der Waals surface area contributed by atoms with E-state index in [1.165, 1.54) is 5.56 Å². The van der Waals surface area contributed by atoms with Crippen LogP contribution in [0, 0.1) is 6.92 Å². The standard InChI is InChI=1S/C19H25N3O/c1-4-12-22(13-5-2)19(23)16-10-11-20-18(14-16)21-17-8-6-15(3)7-9-17/h6-11,14H,4-5,12-13H2,1-3H3,(H,20,21). The summed E-state index contributed by atoms with van der Waals surface area (Å²) in [6, 6.07) is 11.7. The Morgan fingerprint density at radius 1 is 1.09 bits per heavy atom. The predicted molar refractivity (Wildman–Crippen MR) is 95.2 cm³/mol. The number of amides is 1. The molecule has 0 atom stereocenters. The summed E-state index contributed by atoms with van der Waals surface area (Å²) in [6.45, 7) is 7.81. The fourth-order valence-electron chi connectivity index (χ4n) is 2.45. The predicted octanol–water partition coefficient (Wildman–Crippen LogP) is 4.40. The van der Waals surface area contributed by atoms with Crippen molar-refractivity contribution in [1.29, 1.82) is 0 Å². The van der Waals surface area contributed by atoms with E-state index in [-0.39, 0.29) is 5.91 Å². The molecule has 0 saturated carbocycles. The maximum absolute atomic E-state index is 12.6. The lowest BCUT2D eigenvalue weighted by Gasteiger charge is -2.21. The maximum Gasteiger partial charge on any atom is 0.254 e. The van der Waals surface area contributed by atoms with Gasteiger partial charge < -0.3 is 10.2 Å². The Morgan fingerprint density at radius 3 is 2.35 bits per heavy atom. The molecule has 1 N–H and O–H groups in total. The van der Waals surface area contributed by atoms with Crippen LogP contribution in [0.2, 0.25) is 0 Å². The van der Waals surface area contributed by atoms with Gasteiger partial charge in [-0.25, -0.2) is 4.98 Å². The highest BCUT2D eigenvalue weighted by molar-refractivity contribution is 5.95. The summed E-state index contributed by atoms with van der Waals surface area (Å²) in [6.07, 6.45) is 3.61. The molecule has 4 nitrogen and oxygen atoms in total. The van der Waals surface area contributed by atoms with Gasteiger partial charge in [0.05, 0.1) is 0 Å². The number of nitrogens with zero attached hydrogens (tertiary/aromatic N) is 2. The fraction of sp³-hybridized carbons (Fsp3) is 0.368. The number of hydrogen-bond acceptors (Lipinski definition) is 3. The number of rotatable bonds is 7. The zero-order valence-corrected chi connectivity index (χ0v) is 14.2. The lowest BCUT2D eigenvalue weighted by molar-refractivity contribution is 0.0755. The van der Waals surface area contributed by atoms with Gasteiger partial charge in [-0.2, -0.15) is 0 Å². The smallest absolute Gasteiger partial charge is 0.254 e. The second kappa shape index (κ2) is 8.32. The molecule has 2 aromatic rings. The summed E-state index contributed by atoms with van der Waals surface area (Å²) in [5.41, 5.74) is 2.85. The molecule has 1 aromatic heterocycles.